The Morgan fingerprint density at radius 2 is 1.62 bits per heavy atom. The van der Waals surface area contributed by atoms with Crippen molar-refractivity contribution >= 4 is 27.7 Å². The molecule has 0 saturated carbocycles. The number of hydrogen-bond acceptors (Lipinski definition) is 4. The van der Waals surface area contributed by atoms with Gasteiger partial charge < -0.3 is 5.32 Å². The van der Waals surface area contributed by atoms with Gasteiger partial charge in [-0.1, -0.05) is 0 Å². The summed E-state index contributed by atoms with van der Waals surface area (Å²) in [6, 6.07) is 10.6. The second-order valence-corrected chi connectivity index (χ2v) is 8.81. The summed E-state index contributed by atoms with van der Waals surface area (Å²) in [4.78, 5) is 12.4. The van der Waals surface area contributed by atoms with Crippen molar-refractivity contribution in [3.05, 3.63) is 59.9 Å². The van der Waals surface area contributed by atoms with Crippen molar-refractivity contribution in [1.82, 2.24) is 10.0 Å². The third-order valence-electron chi connectivity index (χ3n) is 3.57. The molecule has 0 fully saturated rings. The van der Waals surface area contributed by atoms with E-state index in [9.17, 15) is 30.8 Å². The molecule has 2 N–H and O–H groups in total. The van der Waals surface area contributed by atoms with Gasteiger partial charge in [-0.05, 0) is 60.7 Å². The second-order valence-electron chi connectivity index (χ2n) is 5.88. The van der Waals surface area contributed by atoms with Gasteiger partial charge in [-0.25, -0.2) is 17.5 Å². The first-order valence-corrected chi connectivity index (χ1v) is 10.9. The molecule has 0 heterocycles. The first-order chi connectivity index (χ1) is 13.6. The summed E-state index contributed by atoms with van der Waals surface area (Å²) in [6.45, 7) is -1.30. The standard InChI is InChI=1S/C18H18F4N2O3S2/c19-14-4-6-15(7-5-14)28-11-1-10-24-29(26,27)16-8-2-13(3-9-16)17(25)23-12-18(20,21)22/h2-9,24H,1,10-12H2,(H,23,25). The van der Waals surface area contributed by atoms with E-state index in [1.807, 2.05) is 0 Å². The molecule has 0 unspecified atom stereocenters. The highest BCUT2D eigenvalue weighted by Crippen LogP contribution is 2.19. The molecule has 2 rings (SSSR count). The normalized spacial score (nSPS) is 12.0. The zero-order valence-electron chi connectivity index (χ0n) is 15.0. The lowest BCUT2D eigenvalue weighted by atomic mass is 10.2. The summed E-state index contributed by atoms with van der Waals surface area (Å²) >= 11 is 1.46. The number of alkyl halides is 3. The number of rotatable bonds is 9. The Balaban J connectivity index is 1.81. The van der Waals surface area contributed by atoms with Crippen LogP contribution in [0.3, 0.4) is 0 Å². The van der Waals surface area contributed by atoms with Crippen LogP contribution >= 0.6 is 11.8 Å². The number of nitrogens with one attached hydrogen (secondary N) is 2. The van der Waals surface area contributed by atoms with Gasteiger partial charge in [0, 0.05) is 17.0 Å². The van der Waals surface area contributed by atoms with Crippen LogP contribution in [-0.2, 0) is 10.0 Å². The fourth-order valence-electron chi connectivity index (χ4n) is 2.15. The van der Waals surface area contributed by atoms with Crippen LogP contribution in [0.1, 0.15) is 16.8 Å². The van der Waals surface area contributed by atoms with E-state index in [0.717, 1.165) is 29.2 Å². The van der Waals surface area contributed by atoms with Gasteiger partial charge in [0.15, 0.2) is 0 Å². The molecule has 5 nitrogen and oxygen atoms in total. The molecular weight excluding hydrogens is 432 g/mol. The summed E-state index contributed by atoms with van der Waals surface area (Å²) in [7, 11) is -3.81. The molecule has 0 spiro atoms. The number of benzene rings is 2. The molecule has 0 aliphatic carbocycles. The lowest BCUT2D eigenvalue weighted by Crippen LogP contribution is -2.33. The van der Waals surface area contributed by atoms with E-state index in [-0.39, 0.29) is 22.8 Å². The van der Waals surface area contributed by atoms with Crippen LogP contribution in [-0.4, -0.2) is 39.3 Å². The van der Waals surface area contributed by atoms with Gasteiger partial charge in [-0.3, -0.25) is 4.79 Å². The minimum Gasteiger partial charge on any atom is -0.343 e. The van der Waals surface area contributed by atoms with Crippen LogP contribution in [0.25, 0.3) is 0 Å². The largest absolute Gasteiger partial charge is 0.405 e. The van der Waals surface area contributed by atoms with Crippen molar-refractivity contribution < 1.29 is 30.8 Å². The summed E-state index contributed by atoms with van der Waals surface area (Å²) < 4.78 is 76.1. The third kappa shape index (κ3) is 8.03. The van der Waals surface area contributed by atoms with E-state index in [0.29, 0.717) is 12.2 Å². The Hall–Kier alpha value is -2.11. The maximum absolute atomic E-state index is 12.8. The van der Waals surface area contributed by atoms with Crippen LogP contribution in [0.2, 0.25) is 0 Å². The molecule has 11 heteroatoms. The van der Waals surface area contributed by atoms with E-state index >= 15 is 0 Å². The first-order valence-electron chi connectivity index (χ1n) is 8.40. The number of amides is 1. The monoisotopic (exact) mass is 450 g/mol. The highest BCUT2D eigenvalue weighted by molar-refractivity contribution is 7.99. The van der Waals surface area contributed by atoms with E-state index < -0.39 is 28.7 Å². The molecule has 2 aromatic carbocycles. The van der Waals surface area contributed by atoms with Crippen molar-refractivity contribution in [3.63, 3.8) is 0 Å². The summed E-state index contributed by atoms with van der Waals surface area (Å²) in [5.41, 5.74) is -0.0797. The van der Waals surface area contributed by atoms with Gasteiger partial charge in [0.05, 0.1) is 4.90 Å². The summed E-state index contributed by atoms with van der Waals surface area (Å²) in [5.74, 6) is -0.657. The van der Waals surface area contributed by atoms with Crippen LogP contribution in [0.5, 0.6) is 0 Å². The minimum absolute atomic E-state index is 0.0797. The van der Waals surface area contributed by atoms with E-state index in [1.165, 1.54) is 23.9 Å². The van der Waals surface area contributed by atoms with Crippen LogP contribution in [0, 0.1) is 5.82 Å². The molecule has 158 valence electrons. The van der Waals surface area contributed by atoms with Crippen molar-refractivity contribution in [1.29, 1.82) is 0 Å². The molecule has 0 aliphatic rings. The average molecular weight is 450 g/mol. The number of hydrogen-bond donors (Lipinski definition) is 2. The molecule has 0 bridgehead atoms. The van der Waals surface area contributed by atoms with Gasteiger partial charge >= 0.3 is 6.18 Å². The predicted octanol–water partition coefficient (Wildman–Crippen LogP) is 3.58. The van der Waals surface area contributed by atoms with Crippen molar-refractivity contribution in [2.75, 3.05) is 18.8 Å². The fourth-order valence-corrected chi connectivity index (χ4v) is 4.08. The Kier molecular flexibility index (Phi) is 8.05. The first kappa shape index (κ1) is 23.2. The van der Waals surface area contributed by atoms with E-state index in [2.05, 4.69) is 4.72 Å². The van der Waals surface area contributed by atoms with Crippen molar-refractivity contribution in [3.8, 4) is 0 Å². The van der Waals surface area contributed by atoms with Crippen LogP contribution in [0.15, 0.2) is 58.3 Å². The number of carbonyl (C=O) groups excluding carboxylic acids is 1. The molecule has 0 aliphatic heterocycles. The van der Waals surface area contributed by atoms with Crippen LogP contribution in [0.4, 0.5) is 17.6 Å². The molecular formula is C18H18F4N2O3S2. The Morgan fingerprint density at radius 1 is 1.00 bits per heavy atom. The lowest BCUT2D eigenvalue weighted by Gasteiger charge is -2.09. The zero-order valence-corrected chi connectivity index (χ0v) is 16.6. The van der Waals surface area contributed by atoms with Gasteiger partial charge in [0.2, 0.25) is 10.0 Å². The van der Waals surface area contributed by atoms with E-state index in [4.69, 9.17) is 0 Å². The molecule has 0 atom stereocenters. The minimum atomic E-state index is -4.53. The molecule has 0 radical (unpaired) electrons. The summed E-state index contributed by atoms with van der Waals surface area (Å²) in [5, 5.41) is 1.71. The maximum atomic E-state index is 12.8. The quantitative estimate of drug-likeness (QED) is 0.348. The van der Waals surface area contributed by atoms with Gasteiger partial charge in [0.25, 0.3) is 5.91 Å². The van der Waals surface area contributed by atoms with Crippen LogP contribution < -0.4 is 10.0 Å². The Labute approximate surface area is 169 Å². The number of carbonyl (C=O) groups is 1. The van der Waals surface area contributed by atoms with E-state index in [1.54, 1.807) is 17.4 Å². The number of sulfonamides is 1. The summed E-state index contributed by atoms with van der Waals surface area (Å²) in [6.07, 6.45) is -4.00. The average Bonchev–Trinajstić information content (AvgIpc) is 2.67. The van der Waals surface area contributed by atoms with Gasteiger partial charge in [-0.15, -0.1) is 11.8 Å². The molecule has 29 heavy (non-hydrogen) atoms. The second kappa shape index (κ2) is 10.1. The Bertz CT molecular complexity index is 916. The Morgan fingerprint density at radius 3 is 2.21 bits per heavy atom. The molecule has 2 aromatic rings. The topological polar surface area (TPSA) is 75.3 Å². The fraction of sp³-hybridized carbons (Fsp3) is 0.278. The predicted molar refractivity (Wildman–Crippen MR) is 102 cm³/mol. The molecule has 0 aromatic heterocycles. The third-order valence-corrected chi connectivity index (χ3v) is 6.15. The maximum Gasteiger partial charge on any atom is 0.405 e. The molecule has 1 amide bonds. The van der Waals surface area contributed by atoms with Gasteiger partial charge in [0.1, 0.15) is 12.4 Å². The van der Waals surface area contributed by atoms with Crippen molar-refractivity contribution in [2.24, 2.45) is 0 Å². The van der Waals surface area contributed by atoms with Gasteiger partial charge in [-0.2, -0.15) is 13.2 Å². The molecule has 0 saturated heterocycles. The zero-order chi connectivity index (χ0) is 21.5. The number of halogens is 4. The number of thioether (sulfide) groups is 1. The SMILES string of the molecule is O=C(NCC(F)(F)F)c1ccc(S(=O)(=O)NCCCSc2ccc(F)cc2)cc1. The highest BCUT2D eigenvalue weighted by Gasteiger charge is 2.28. The smallest absolute Gasteiger partial charge is 0.343 e. The lowest BCUT2D eigenvalue weighted by molar-refractivity contribution is -0.123. The highest BCUT2D eigenvalue weighted by atomic mass is 32.2. The van der Waals surface area contributed by atoms with Crippen molar-refractivity contribution in [2.45, 2.75) is 22.4 Å².